The van der Waals surface area contributed by atoms with E-state index in [1.807, 2.05) is 31.2 Å². The number of furan rings is 1. The fraction of sp³-hybridized carbons (Fsp3) is 0.176. The fourth-order valence-electron chi connectivity index (χ4n) is 2.42. The number of aromatic nitrogens is 1. The highest BCUT2D eigenvalue weighted by molar-refractivity contribution is 6.02. The van der Waals surface area contributed by atoms with Crippen molar-refractivity contribution in [2.75, 3.05) is 6.61 Å². The van der Waals surface area contributed by atoms with Gasteiger partial charge in [0.05, 0.1) is 24.0 Å². The van der Waals surface area contributed by atoms with Gasteiger partial charge < -0.3 is 9.15 Å². The predicted molar refractivity (Wildman–Crippen MR) is 80.1 cm³/mol. The lowest BCUT2D eigenvalue weighted by molar-refractivity contribution is 0.0526. The summed E-state index contributed by atoms with van der Waals surface area (Å²) in [5, 5.41) is 0.941. The SMILES string of the molecule is CCOC(=O)c1c(-c2ccco2)nc2ccccc2c1C. The molecule has 4 nitrogen and oxygen atoms in total. The molecule has 106 valence electrons. The first-order chi connectivity index (χ1) is 10.2. The van der Waals surface area contributed by atoms with Crippen molar-refractivity contribution in [3.63, 3.8) is 0 Å². The van der Waals surface area contributed by atoms with Gasteiger partial charge in [-0.2, -0.15) is 0 Å². The lowest BCUT2D eigenvalue weighted by atomic mass is 10.0. The number of rotatable bonds is 3. The van der Waals surface area contributed by atoms with Crippen molar-refractivity contribution in [3.05, 3.63) is 53.8 Å². The topological polar surface area (TPSA) is 52.3 Å². The number of fused-ring (bicyclic) bond motifs is 1. The summed E-state index contributed by atoms with van der Waals surface area (Å²) in [5.41, 5.74) is 2.67. The van der Waals surface area contributed by atoms with Gasteiger partial charge in [0.2, 0.25) is 0 Å². The molecule has 0 radical (unpaired) electrons. The third kappa shape index (κ3) is 2.29. The van der Waals surface area contributed by atoms with Crippen molar-refractivity contribution in [1.29, 1.82) is 0 Å². The molecule has 0 saturated carbocycles. The van der Waals surface area contributed by atoms with E-state index in [1.54, 1.807) is 25.3 Å². The molecule has 2 heterocycles. The van der Waals surface area contributed by atoms with Crippen molar-refractivity contribution in [2.45, 2.75) is 13.8 Å². The Labute approximate surface area is 122 Å². The number of hydrogen-bond acceptors (Lipinski definition) is 4. The van der Waals surface area contributed by atoms with Crippen LogP contribution in [-0.4, -0.2) is 17.6 Å². The Morgan fingerprint density at radius 2 is 2.05 bits per heavy atom. The monoisotopic (exact) mass is 281 g/mol. The smallest absolute Gasteiger partial charge is 0.340 e. The first-order valence-electron chi connectivity index (χ1n) is 6.82. The molecule has 0 amide bonds. The summed E-state index contributed by atoms with van der Waals surface area (Å²) >= 11 is 0. The maximum Gasteiger partial charge on any atom is 0.340 e. The van der Waals surface area contributed by atoms with E-state index >= 15 is 0 Å². The van der Waals surface area contributed by atoms with E-state index in [0.29, 0.717) is 23.6 Å². The van der Waals surface area contributed by atoms with Crippen molar-refractivity contribution < 1.29 is 13.9 Å². The van der Waals surface area contributed by atoms with E-state index in [1.165, 1.54) is 0 Å². The van der Waals surface area contributed by atoms with Crippen LogP contribution >= 0.6 is 0 Å². The maximum atomic E-state index is 12.3. The summed E-state index contributed by atoms with van der Waals surface area (Å²) in [6.07, 6.45) is 1.57. The average molecular weight is 281 g/mol. The maximum absolute atomic E-state index is 12.3. The summed E-state index contributed by atoms with van der Waals surface area (Å²) in [7, 11) is 0. The standard InChI is InChI=1S/C17H15NO3/c1-3-20-17(19)15-11(2)12-7-4-5-8-13(12)18-16(15)14-9-6-10-21-14/h4-10H,3H2,1-2H3. The molecule has 0 aliphatic heterocycles. The van der Waals surface area contributed by atoms with E-state index in [9.17, 15) is 4.79 Å². The second-order valence-corrected chi connectivity index (χ2v) is 4.68. The third-order valence-corrected chi connectivity index (χ3v) is 3.39. The number of aryl methyl sites for hydroxylation is 1. The molecule has 4 heteroatoms. The zero-order chi connectivity index (χ0) is 14.8. The number of esters is 1. The number of hydrogen-bond donors (Lipinski definition) is 0. The van der Waals surface area contributed by atoms with Crippen LogP contribution in [0.5, 0.6) is 0 Å². The van der Waals surface area contributed by atoms with Crippen LogP contribution in [0.25, 0.3) is 22.4 Å². The molecule has 0 N–H and O–H groups in total. The van der Waals surface area contributed by atoms with E-state index in [4.69, 9.17) is 9.15 Å². The molecule has 3 aromatic rings. The van der Waals surface area contributed by atoms with Crippen molar-refractivity contribution in [2.24, 2.45) is 0 Å². The molecule has 0 saturated heterocycles. The Kier molecular flexibility index (Phi) is 3.44. The highest BCUT2D eigenvalue weighted by Crippen LogP contribution is 2.30. The predicted octanol–water partition coefficient (Wildman–Crippen LogP) is 3.98. The lowest BCUT2D eigenvalue weighted by Crippen LogP contribution is -2.10. The summed E-state index contributed by atoms with van der Waals surface area (Å²) in [5.74, 6) is 0.187. The van der Waals surface area contributed by atoms with Crippen LogP contribution < -0.4 is 0 Å². The van der Waals surface area contributed by atoms with Crippen LogP contribution in [-0.2, 0) is 4.74 Å². The second-order valence-electron chi connectivity index (χ2n) is 4.68. The van der Waals surface area contributed by atoms with E-state index in [-0.39, 0.29) is 5.97 Å². The van der Waals surface area contributed by atoms with Gasteiger partial charge in [-0.3, -0.25) is 0 Å². The molecular weight excluding hydrogens is 266 g/mol. The molecule has 21 heavy (non-hydrogen) atoms. The van der Waals surface area contributed by atoms with E-state index < -0.39 is 0 Å². The molecule has 0 aliphatic carbocycles. The summed E-state index contributed by atoms with van der Waals surface area (Å²) in [4.78, 5) is 16.9. The van der Waals surface area contributed by atoms with Gasteiger partial charge in [-0.05, 0) is 37.6 Å². The number of benzene rings is 1. The molecule has 0 fully saturated rings. The Bertz CT molecular complexity index is 791. The van der Waals surface area contributed by atoms with Crippen molar-refractivity contribution in [3.8, 4) is 11.5 Å². The molecule has 0 spiro atoms. The van der Waals surface area contributed by atoms with Crippen LogP contribution in [0.1, 0.15) is 22.8 Å². The van der Waals surface area contributed by atoms with Crippen molar-refractivity contribution >= 4 is 16.9 Å². The largest absolute Gasteiger partial charge is 0.463 e. The minimum atomic E-state index is -0.375. The Hall–Kier alpha value is -2.62. The molecule has 2 aromatic heterocycles. The van der Waals surface area contributed by atoms with Gasteiger partial charge in [0, 0.05) is 5.39 Å². The fourth-order valence-corrected chi connectivity index (χ4v) is 2.42. The third-order valence-electron chi connectivity index (χ3n) is 3.39. The number of nitrogens with zero attached hydrogens (tertiary/aromatic N) is 1. The number of carbonyl (C=O) groups excluding carboxylic acids is 1. The van der Waals surface area contributed by atoms with Gasteiger partial charge >= 0.3 is 5.97 Å². The molecule has 0 unspecified atom stereocenters. The van der Waals surface area contributed by atoms with Gasteiger partial charge in [0.25, 0.3) is 0 Å². The van der Waals surface area contributed by atoms with Gasteiger partial charge in [-0.1, -0.05) is 18.2 Å². The van der Waals surface area contributed by atoms with Crippen LogP contribution in [0.4, 0.5) is 0 Å². The van der Waals surface area contributed by atoms with Crippen LogP contribution in [0.3, 0.4) is 0 Å². The molecule has 1 aromatic carbocycles. The van der Waals surface area contributed by atoms with E-state index in [2.05, 4.69) is 4.98 Å². The first-order valence-corrected chi connectivity index (χ1v) is 6.82. The zero-order valence-electron chi connectivity index (χ0n) is 11.9. The number of ether oxygens (including phenoxy) is 1. The minimum absolute atomic E-state index is 0.322. The summed E-state index contributed by atoms with van der Waals surface area (Å²) in [6, 6.07) is 11.3. The number of carbonyl (C=O) groups is 1. The molecule has 3 rings (SSSR count). The molecule has 0 aliphatic rings. The van der Waals surface area contributed by atoms with Gasteiger partial charge in [-0.25, -0.2) is 9.78 Å². The van der Waals surface area contributed by atoms with Gasteiger partial charge in [-0.15, -0.1) is 0 Å². The zero-order valence-corrected chi connectivity index (χ0v) is 11.9. The van der Waals surface area contributed by atoms with Crippen molar-refractivity contribution in [1.82, 2.24) is 4.98 Å². The molecule has 0 atom stereocenters. The highest BCUT2D eigenvalue weighted by Gasteiger charge is 2.22. The quantitative estimate of drug-likeness (QED) is 0.681. The van der Waals surface area contributed by atoms with Crippen LogP contribution in [0.2, 0.25) is 0 Å². The Morgan fingerprint density at radius 1 is 1.24 bits per heavy atom. The minimum Gasteiger partial charge on any atom is -0.463 e. The average Bonchev–Trinajstić information content (AvgIpc) is 3.01. The Balaban J connectivity index is 2.33. The number of para-hydroxylation sites is 1. The van der Waals surface area contributed by atoms with Crippen LogP contribution in [0, 0.1) is 6.92 Å². The van der Waals surface area contributed by atoms with Crippen LogP contribution in [0.15, 0.2) is 47.1 Å². The second kappa shape index (κ2) is 5.40. The molecular formula is C17H15NO3. The molecule has 0 bridgehead atoms. The normalized spacial score (nSPS) is 10.8. The summed E-state index contributed by atoms with van der Waals surface area (Å²) in [6.45, 7) is 4.01. The number of pyridine rings is 1. The lowest BCUT2D eigenvalue weighted by Gasteiger charge is -2.12. The van der Waals surface area contributed by atoms with E-state index in [0.717, 1.165) is 16.5 Å². The first kappa shape index (κ1) is 13.4. The Morgan fingerprint density at radius 3 is 2.76 bits per heavy atom. The van der Waals surface area contributed by atoms with Gasteiger partial charge in [0.1, 0.15) is 5.69 Å². The van der Waals surface area contributed by atoms with Gasteiger partial charge in [0.15, 0.2) is 5.76 Å². The summed E-state index contributed by atoms with van der Waals surface area (Å²) < 4.78 is 10.6. The highest BCUT2D eigenvalue weighted by atomic mass is 16.5.